The van der Waals surface area contributed by atoms with Crippen molar-refractivity contribution in [1.29, 1.82) is 0 Å². The van der Waals surface area contributed by atoms with Gasteiger partial charge in [0.2, 0.25) is 0 Å². The van der Waals surface area contributed by atoms with Gasteiger partial charge in [0.05, 0.1) is 6.04 Å². The molecule has 1 aliphatic heterocycles. The summed E-state index contributed by atoms with van der Waals surface area (Å²) in [6.45, 7) is 2.03. The van der Waals surface area contributed by atoms with E-state index in [-0.39, 0.29) is 18.2 Å². The zero-order valence-electron chi connectivity index (χ0n) is 9.07. The van der Waals surface area contributed by atoms with Crippen LogP contribution in [0, 0.1) is 0 Å². The van der Waals surface area contributed by atoms with Crippen molar-refractivity contribution < 1.29 is 9.53 Å². The zero-order chi connectivity index (χ0) is 11.5. The van der Waals surface area contributed by atoms with Crippen LogP contribution in [0.2, 0.25) is 0 Å². The van der Waals surface area contributed by atoms with Gasteiger partial charge < -0.3 is 10.1 Å². The highest BCUT2D eigenvalue weighted by Crippen LogP contribution is 2.18. The van der Waals surface area contributed by atoms with E-state index in [1.807, 2.05) is 19.1 Å². The highest BCUT2D eigenvalue weighted by Gasteiger charge is 2.32. The van der Waals surface area contributed by atoms with Gasteiger partial charge in [0.15, 0.2) is 0 Å². The molecule has 1 aliphatic rings. The van der Waals surface area contributed by atoms with Gasteiger partial charge in [-0.1, -0.05) is 35.0 Å². The Labute approximate surface area is 103 Å². The summed E-state index contributed by atoms with van der Waals surface area (Å²) in [5, 5.41) is 2.85. The third-order valence-corrected chi connectivity index (χ3v) is 3.31. The van der Waals surface area contributed by atoms with Crippen molar-refractivity contribution >= 4 is 22.0 Å². The van der Waals surface area contributed by atoms with Crippen molar-refractivity contribution in [3.05, 3.63) is 34.3 Å². The van der Waals surface area contributed by atoms with E-state index >= 15 is 0 Å². The number of hydrogen-bond donors (Lipinski definition) is 1. The Morgan fingerprint density at radius 3 is 2.69 bits per heavy atom. The number of carbonyl (C=O) groups excluding carboxylic acids is 1. The molecule has 0 radical (unpaired) electrons. The largest absolute Gasteiger partial charge is 0.444 e. The maximum Gasteiger partial charge on any atom is 0.407 e. The Morgan fingerprint density at radius 2 is 2.06 bits per heavy atom. The Bertz CT molecular complexity index is 377. The molecule has 0 spiro atoms. The molecule has 3 nitrogen and oxygen atoms in total. The van der Waals surface area contributed by atoms with Crippen LogP contribution >= 0.6 is 15.9 Å². The molecule has 1 aromatic carbocycles. The summed E-state index contributed by atoms with van der Waals surface area (Å²) in [6, 6.07) is 8.23. The van der Waals surface area contributed by atoms with Gasteiger partial charge in [-0.25, -0.2) is 4.79 Å². The molecule has 1 N–H and O–H groups in total. The van der Waals surface area contributed by atoms with Crippen LogP contribution < -0.4 is 5.32 Å². The maximum atomic E-state index is 11.1. The molecule has 1 saturated heterocycles. The first-order valence-electron chi connectivity index (χ1n) is 5.40. The molecule has 0 aromatic heterocycles. The molecule has 0 saturated carbocycles. The second kappa shape index (κ2) is 4.87. The molecule has 0 aliphatic carbocycles. The normalized spacial score (nSPS) is 24.0. The zero-order valence-corrected chi connectivity index (χ0v) is 10.7. The average Bonchev–Trinajstić information content (AvgIpc) is 2.62. The van der Waals surface area contributed by atoms with E-state index in [0.29, 0.717) is 0 Å². The van der Waals surface area contributed by atoms with Gasteiger partial charge in [0, 0.05) is 4.47 Å². The summed E-state index contributed by atoms with van der Waals surface area (Å²) in [6.07, 6.45) is 1.36. The molecule has 1 amide bonds. The van der Waals surface area contributed by atoms with Crippen molar-refractivity contribution in [3.63, 3.8) is 0 Å². The van der Waals surface area contributed by atoms with E-state index in [2.05, 4.69) is 33.4 Å². The van der Waals surface area contributed by atoms with Crippen LogP contribution in [0.5, 0.6) is 0 Å². The van der Waals surface area contributed by atoms with E-state index in [4.69, 9.17) is 4.74 Å². The average molecular weight is 284 g/mol. The van der Waals surface area contributed by atoms with Gasteiger partial charge in [-0.3, -0.25) is 0 Å². The van der Waals surface area contributed by atoms with E-state index < -0.39 is 0 Å². The monoisotopic (exact) mass is 283 g/mol. The molecule has 16 heavy (non-hydrogen) atoms. The number of carbonyl (C=O) groups is 1. The van der Waals surface area contributed by atoms with E-state index in [9.17, 15) is 4.79 Å². The van der Waals surface area contributed by atoms with Gasteiger partial charge in [-0.15, -0.1) is 0 Å². The molecule has 4 heteroatoms. The van der Waals surface area contributed by atoms with E-state index in [1.54, 1.807) is 0 Å². The second-order valence-electron chi connectivity index (χ2n) is 3.93. The third-order valence-electron chi connectivity index (χ3n) is 2.78. The molecule has 86 valence electrons. The minimum Gasteiger partial charge on any atom is -0.444 e. The van der Waals surface area contributed by atoms with Crippen LogP contribution in [0.4, 0.5) is 4.79 Å². The summed E-state index contributed by atoms with van der Waals surface area (Å²) < 4.78 is 6.22. The molecule has 0 bridgehead atoms. The lowest BCUT2D eigenvalue weighted by atomic mass is 10.0. The number of halogens is 1. The van der Waals surface area contributed by atoms with Crippen molar-refractivity contribution in [3.8, 4) is 0 Å². The lowest BCUT2D eigenvalue weighted by Crippen LogP contribution is -2.33. The number of benzene rings is 1. The van der Waals surface area contributed by atoms with Gasteiger partial charge >= 0.3 is 6.09 Å². The lowest BCUT2D eigenvalue weighted by Gasteiger charge is -2.14. The predicted octanol–water partition coefficient (Wildman–Crippen LogP) is 2.88. The molecule has 2 rings (SSSR count). The summed E-state index contributed by atoms with van der Waals surface area (Å²) in [4.78, 5) is 11.1. The van der Waals surface area contributed by atoms with Crippen molar-refractivity contribution in [1.82, 2.24) is 5.32 Å². The molecule has 0 unspecified atom stereocenters. The SMILES string of the molecule is CC[C@H]1OC(=O)N[C@@H]1Cc1ccc(Br)cc1. The van der Waals surface area contributed by atoms with Gasteiger partial charge in [0.1, 0.15) is 6.10 Å². The first-order chi connectivity index (χ1) is 7.69. The Hall–Kier alpha value is -1.03. The van der Waals surface area contributed by atoms with E-state index in [1.165, 1.54) is 5.56 Å². The number of cyclic esters (lactones) is 1. The fraction of sp³-hybridized carbons (Fsp3) is 0.417. The fourth-order valence-electron chi connectivity index (χ4n) is 1.92. The van der Waals surface area contributed by atoms with Crippen LogP contribution in [-0.2, 0) is 11.2 Å². The Kier molecular flexibility index (Phi) is 3.49. The standard InChI is InChI=1S/C12H14BrNO2/c1-2-11-10(14-12(15)16-11)7-8-3-5-9(13)6-4-8/h3-6,10-11H,2,7H2,1H3,(H,14,15)/t10-,11-/m1/s1. The highest BCUT2D eigenvalue weighted by atomic mass is 79.9. The van der Waals surface area contributed by atoms with E-state index in [0.717, 1.165) is 17.3 Å². The molecule has 1 heterocycles. The topological polar surface area (TPSA) is 38.3 Å². The van der Waals surface area contributed by atoms with Crippen molar-refractivity contribution in [2.75, 3.05) is 0 Å². The maximum absolute atomic E-state index is 11.1. The number of nitrogens with one attached hydrogen (secondary N) is 1. The van der Waals surface area contributed by atoms with Gasteiger partial charge in [-0.2, -0.15) is 0 Å². The fourth-order valence-corrected chi connectivity index (χ4v) is 2.19. The first kappa shape index (κ1) is 11.5. The molecule has 2 atom stereocenters. The predicted molar refractivity (Wildman–Crippen MR) is 65.3 cm³/mol. The van der Waals surface area contributed by atoms with Crippen LogP contribution in [0.15, 0.2) is 28.7 Å². The summed E-state index contributed by atoms with van der Waals surface area (Å²) in [5.41, 5.74) is 1.21. The van der Waals surface area contributed by atoms with Gasteiger partial charge in [-0.05, 0) is 30.5 Å². The van der Waals surface area contributed by atoms with Crippen LogP contribution in [0.3, 0.4) is 0 Å². The molecule has 1 aromatic rings. The quantitative estimate of drug-likeness (QED) is 0.926. The minimum atomic E-state index is -0.297. The number of ether oxygens (including phenoxy) is 1. The number of amides is 1. The number of alkyl carbamates (subject to hydrolysis) is 1. The van der Waals surface area contributed by atoms with Gasteiger partial charge in [0.25, 0.3) is 0 Å². The molecule has 1 fully saturated rings. The lowest BCUT2D eigenvalue weighted by molar-refractivity contribution is 0.129. The summed E-state index contributed by atoms with van der Waals surface area (Å²) in [7, 11) is 0. The number of rotatable bonds is 3. The first-order valence-corrected chi connectivity index (χ1v) is 6.20. The summed E-state index contributed by atoms with van der Waals surface area (Å²) >= 11 is 3.40. The highest BCUT2D eigenvalue weighted by molar-refractivity contribution is 9.10. The Balaban J connectivity index is 2.03. The second-order valence-corrected chi connectivity index (χ2v) is 4.85. The Morgan fingerprint density at radius 1 is 1.38 bits per heavy atom. The third kappa shape index (κ3) is 2.55. The smallest absolute Gasteiger partial charge is 0.407 e. The van der Waals surface area contributed by atoms with Crippen LogP contribution in [0.1, 0.15) is 18.9 Å². The van der Waals surface area contributed by atoms with Crippen molar-refractivity contribution in [2.24, 2.45) is 0 Å². The molecular formula is C12H14BrNO2. The van der Waals surface area contributed by atoms with Crippen LogP contribution in [-0.4, -0.2) is 18.2 Å². The minimum absolute atomic E-state index is 0.00357. The summed E-state index contributed by atoms with van der Waals surface area (Å²) in [5.74, 6) is 0. The molecular weight excluding hydrogens is 270 g/mol. The van der Waals surface area contributed by atoms with Crippen molar-refractivity contribution in [2.45, 2.75) is 31.9 Å². The number of hydrogen-bond acceptors (Lipinski definition) is 2. The van der Waals surface area contributed by atoms with Crippen LogP contribution in [0.25, 0.3) is 0 Å².